The van der Waals surface area contributed by atoms with Crippen LogP contribution in [0.25, 0.3) is 11.1 Å². The van der Waals surface area contributed by atoms with Gasteiger partial charge < -0.3 is 4.42 Å². The fraction of sp³-hybridized carbons (Fsp3) is 0.632. The Kier molecular flexibility index (Phi) is 7.84. The summed E-state index contributed by atoms with van der Waals surface area (Å²) in [6.45, 7) is 6.92. The van der Waals surface area contributed by atoms with Gasteiger partial charge in [-0.2, -0.15) is 0 Å². The Balaban J connectivity index is 1.67. The van der Waals surface area contributed by atoms with Crippen LogP contribution in [0.4, 0.5) is 0 Å². The van der Waals surface area contributed by atoms with E-state index in [0.717, 1.165) is 16.3 Å². The molecule has 2 rings (SSSR count). The predicted molar refractivity (Wildman–Crippen MR) is 104 cm³/mol. The summed E-state index contributed by atoms with van der Waals surface area (Å²) in [4.78, 5) is 4.53. The smallest absolute Gasteiger partial charge is 0.267 e. The molecule has 0 fully saturated rings. The van der Waals surface area contributed by atoms with Crippen LogP contribution in [0.1, 0.15) is 72.1 Å². The molecule has 1 aromatic heterocycles. The fourth-order valence-corrected chi connectivity index (χ4v) is 4.72. The molecule has 0 N–H and O–H groups in total. The predicted octanol–water partition coefficient (Wildman–Crippen LogP) is 7.49. The number of oxazole rings is 1. The van der Waals surface area contributed by atoms with Crippen molar-refractivity contribution in [3.05, 3.63) is 24.3 Å². The highest BCUT2D eigenvalue weighted by molar-refractivity contribution is 8.77. The Hall–Kier alpha value is -0.610. The first-order valence-electron chi connectivity index (χ1n) is 8.82. The molecule has 0 unspecified atom stereocenters. The topological polar surface area (TPSA) is 26.0 Å². The molecule has 23 heavy (non-hydrogen) atoms. The Labute approximate surface area is 148 Å². The quantitative estimate of drug-likeness (QED) is 0.309. The van der Waals surface area contributed by atoms with E-state index in [1.807, 2.05) is 35.1 Å². The molecule has 0 atom stereocenters. The number of aromatic nitrogens is 1. The average Bonchev–Trinajstić information content (AvgIpc) is 2.95. The highest BCUT2D eigenvalue weighted by Crippen LogP contribution is 2.43. The zero-order valence-electron chi connectivity index (χ0n) is 14.6. The van der Waals surface area contributed by atoms with E-state index >= 15 is 0 Å². The van der Waals surface area contributed by atoms with Gasteiger partial charge in [-0.25, -0.2) is 4.98 Å². The summed E-state index contributed by atoms with van der Waals surface area (Å²) in [5, 5.41) is 0.767. The largest absolute Gasteiger partial charge is 0.431 e. The van der Waals surface area contributed by atoms with E-state index in [4.69, 9.17) is 4.42 Å². The van der Waals surface area contributed by atoms with Crippen molar-refractivity contribution in [1.29, 1.82) is 0 Å². The van der Waals surface area contributed by atoms with Gasteiger partial charge in [0, 0.05) is 15.5 Å². The molecule has 2 nitrogen and oxygen atoms in total. The first-order chi connectivity index (χ1) is 11.1. The summed E-state index contributed by atoms with van der Waals surface area (Å²) in [5.74, 6) is 0. The number of hydrogen-bond donors (Lipinski definition) is 0. The second-order valence-electron chi connectivity index (χ2n) is 6.75. The number of para-hydroxylation sites is 2. The van der Waals surface area contributed by atoms with Gasteiger partial charge in [-0.3, -0.25) is 0 Å². The molecule has 0 bridgehead atoms. The summed E-state index contributed by atoms with van der Waals surface area (Å²) >= 11 is 0. The number of hydrogen-bond acceptors (Lipinski definition) is 4. The van der Waals surface area contributed by atoms with E-state index in [-0.39, 0.29) is 4.75 Å². The maximum absolute atomic E-state index is 5.77. The normalized spacial score (nSPS) is 12.1. The molecule has 4 heteroatoms. The first kappa shape index (κ1) is 18.7. The lowest BCUT2D eigenvalue weighted by atomic mass is 10.0. The molecule has 0 aliphatic carbocycles. The standard InChI is InChI=1S/C19H29NOS2/c1-4-5-6-7-8-9-12-15-19(2,3)23-22-18-20-16-13-10-11-14-17(16)21-18/h10-11,13-14H,4-9,12,15H2,1-3H3. The van der Waals surface area contributed by atoms with Crippen LogP contribution in [-0.4, -0.2) is 9.73 Å². The summed E-state index contributed by atoms with van der Waals surface area (Å²) in [6, 6.07) is 7.95. The monoisotopic (exact) mass is 351 g/mol. The van der Waals surface area contributed by atoms with Crippen LogP contribution >= 0.6 is 21.6 Å². The lowest BCUT2D eigenvalue weighted by Crippen LogP contribution is -2.12. The molecule has 128 valence electrons. The van der Waals surface area contributed by atoms with E-state index in [1.165, 1.54) is 51.4 Å². The van der Waals surface area contributed by atoms with Crippen LogP contribution in [-0.2, 0) is 0 Å². The lowest BCUT2D eigenvalue weighted by Gasteiger charge is -2.22. The van der Waals surface area contributed by atoms with Crippen molar-refractivity contribution in [3.8, 4) is 0 Å². The molecular weight excluding hydrogens is 322 g/mol. The molecule has 1 aromatic carbocycles. The number of rotatable bonds is 11. The van der Waals surface area contributed by atoms with Crippen molar-refractivity contribution < 1.29 is 4.42 Å². The minimum absolute atomic E-state index is 0.259. The van der Waals surface area contributed by atoms with Crippen LogP contribution < -0.4 is 0 Å². The van der Waals surface area contributed by atoms with Crippen LogP contribution in [0.5, 0.6) is 0 Å². The molecule has 0 saturated carbocycles. The minimum atomic E-state index is 0.259. The Morgan fingerprint density at radius 1 is 1.00 bits per heavy atom. The van der Waals surface area contributed by atoms with E-state index in [2.05, 4.69) is 25.8 Å². The first-order valence-corrected chi connectivity index (χ1v) is 11.0. The second kappa shape index (κ2) is 9.63. The maximum Gasteiger partial charge on any atom is 0.267 e. The van der Waals surface area contributed by atoms with Crippen LogP contribution in [0.15, 0.2) is 33.9 Å². The van der Waals surface area contributed by atoms with Crippen molar-refractivity contribution in [1.82, 2.24) is 4.98 Å². The van der Waals surface area contributed by atoms with Gasteiger partial charge in [0.2, 0.25) is 0 Å². The van der Waals surface area contributed by atoms with Gasteiger partial charge in [-0.1, -0.05) is 74.8 Å². The third-order valence-corrected chi connectivity index (χ3v) is 7.08. The molecule has 0 saturated heterocycles. The van der Waals surface area contributed by atoms with E-state index in [1.54, 1.807) is 10.8 Å². The van der Waals surface area contributed by atoms with Crippen molar-refractivity contribution >= 4 is 32.7 Å². The van der Waals surface area contributed by atoms with Gasteiger partial charge >= 0.3 is 0 Å². The number of fused-ring (bicyclic) bond motifs is 1. The van der Waals surface area contributed by atoms with Gasteiger partial charge in [0.1, 0.15) is 5.52 Å². The number of nitrogens with zero attached hydrogens (tertiary/aromatic N) is 1. The third-order valence-electron chi connectivity index (χ3n) is 4.00. The summed E-state index contributed by atoms with van der Waals surface area (Å²) in [6.07, 6.45) is 10.8. The van der Waals surface area contributed by atoms with E-state index < -0.39 is 0 Å². The average molecular weight is 352 g/mol. The number of unbranched alkanes of at least 4 members (excludes halogenated alkanes) is 6. The minimum Gasteiger partial charge on any atom is -0.431 e. The lowest BCUT2D eigenvalue weighted by molar-refractivity contribution is 0.491. The molecule has 0 spiro atoms. The third kappa shape index (κ3) is 6.80. The maximum atomic E-state index is 5.77. The molecule has 0 radical (unpaired) electrons. The molecule has 2 aromatic rings. The van der Waals surface area contributed by atoms with Crippen molar-refractivity contribution in [2.45, 2.75) is 82.1 Å². The Morgan fingerprint density at radius 2 is 1.70 bits per heavy atom. The summed E-state index contributed by atoms with van der Waals surface area (Å²) < 4.78 is 6.03. The summed E-state index contributed by atoms with van der Waals surface area (Å²) in [7, 11) is 3.55. The Bertz CT molecular complexity index is 547. The van der Waals surface area contributed by atoms with Crippen molar-refractivity contribution in [2.75, 3.05) is 0 Å². The number of benzene rings is 1. The van der Waals surface area contributed by atoms with E-state index in [0.29, 0.717) is 0 Å². The van der Waals surface area contributed by atoms with Crippen LogP contribution in [0.2, 0.25) is 0 Å². The molecule has 0 aliphatic rings. The highest BCUT2D eigenvalue weighted by atomic mass is 33.1. The fourth-order valence-electron chi connectivity index (χ4n) is 2.58. The van der Waals surface area contributed by atoms with Gasteiger partial charge in [-0.15, -0.1) is 0 Å². The van der Waals surface area contributed by atoms with Crippen molar-refractivity contribution in [2.24, 2.45) is 0 Å². The highest BCUT2D eigenvalue weighted by Gasteiger charge is 2.20. The Morgan fingerprint density at radius 3 is 2.43 bits per heavy atom. The molecule has 1 heterocycles. The van der Waals surface area contributed by atoms with E-state index in [9.17, 15) is 0 Å². The molecule has 0 aliphatic heterocycles. The van der Waals surface area contributed by atoms with Crippen LogP contribution in [0.3, 0.4) is 0 Å². The summed E-state index contributed by atoms with van der Waals surface area (Å²) in [5.41, 5.74) is 1.82. The SMILES string of the molecule is CCCCCCCCCC(C)(C)SSc1nc2ccccc2o1. The molecule has 0 amide bonds. The second-order valence-corrected chi connectivity index (χ2v) is 9.53. The van der Waals surface area contributed by atoms with Crippen LogP contribution in [0, 0.1) is 0 Å². The zero-order valence-corrected chi connectivity index (χ0v) is 16.3. The van der Waals surface area contributed by atoms with Gasteiger partial charge in [0.25, 0.3) is 5.22 Å². The van der Waals surface area contributed by atoms with Gasteiger partial charge in [0.15, 0.2) is 5.58 Å². The van der Waals surface area contributed by atoms with Gasteiger partial charge in [0.05, 0.1) is 0 Å². The van der Waals surface area contributed by atoms with Gasteiger partial charge in [-0.05, 0) is 32.4 Å². The van der Waals surface area contributed by atoms with Crippen molar-refractivity contribution in [3.63, 3.8) is 0 Å². The molecular formula is C19H29NOS2. The zero-order chi connectivity index (χ0) is 16.5.